The summed E-state index contributed by atoms with van der Waals surface area (Å²) < 4.78 is 11.4. The average Bonchev–Trinajstić information content (AvgIpc) is 2.64. The molecule has 25 heavy (non-hydrogen) atoms. The zero-order chi connectivity index (χ0) is 18.2. The van der Waals surface area contributed by atoms with Gasteiger partial charge in [-0.15, -0.1) is 0 Å². The number of unbranched alkanes of at least 4 members (excludes halogenated alkanes) is 8. The van der Waals surface area contributed by atoms with Crippen molar-refractivity contribution in [2.24, 2.45) is 0 Å². The van der Waals surface area contributed by atoms with Crippen LogP contribution in [0.3, 0.4) is 0 Å². The number of rotatable bonds is 16. The third kappa shape index (κ3) is 10.4. The van der Waals surface area contributed by atoms with E-state index in [1.807, 2.05) is 6.07 Å². The van der Waals surface area contributed by atoms with Gasteiger partial charge < -0.3 is 14.8 Å². The molecule has 0 aliphatic heterocycles. The number of hydrogen-bond donors (Lipinski definition) is 1. The molecule has 3 nitrogen and oxygen atoms in total. The van der Waals surface area contributed by atoms with Crippen LogP contribution in [-0.4, -0.2) is 20.3 Å². The first kappa shape index (κ1) is 21.8. The topological polar surface area (TPSA) is 30.5 Å². The van der Waals surface area contributed by atoms with Crippen LogP contribution in [-0.2, 0) is 6.54 Å². The second kappa shape index (κ2) is 15.1. The minimum absolute atomic E-state index is 0.775. The lowest BCUT2D eigenvalue weighted by Crippen LogP contribution is -2.14. The molecule has 1 aromatic carbocycles. The van der Waals surface area contributed by atoms with Gasteiger partial charge in [0.05, 0.1) is 13.7 Å². The minimum Gasteiger partial charge on any atom is -0.493 e. The SMILES string of the molecule is CCCCCCCCOc1ccc(CNCCCCCC)cc1OC. The zero-order valence-electron chi connectivity index (χ0n) is 16.7. The van der Waals surface area contributed by atoms with Crippen molar-refractivity contribution >= 4 is 0 Å². The van der Waals surface area contributed by atoms with E-state index < -0.39 is 0 Å². The highest BCUT2D eigenvalue weighted by Gasteiger charge is 2.06. The number of methoxy groups -OCH3 is 1. The quantitative estimate of drug-likeness (QED) is 0.365. The smallest absolute Gasteiger partial charge is 0.161 e. The predicted octanol–water partition coefficient (Wildman–Crippen LogP) is 6.10. The second-order valence-corrected chi connectivity index (χ2v) is 6.84. The number of nitrogens with one attached hydrogen (secondary N) is 1. The maximum Gasteiger partial charge on any atom is 0.161 e. The normalized spacial score (nSPS) is 10.8. The average molecular weight is 350 g/mol. The maximum atomic E-state index is 5.91. The van der Waals surface area contributed by atoms with E-state index in [2.05, 4.69) is 31.3 Å². The summed E-state index contributed by atoms with van der Waals surface area (Å²) in [6, 6.07) is 6.28. The van der Waals surface area contributed by atoms with E-state index in [1.54, 1.807) is 7.11 Å². The van der Waals surface area contributed by atoms with Crippen LogP contribution in [0.25, 0.3) is 0 Å². The fraction of sp³-hybridized carbons (Fsp3) is 0.727. The fourth-order valence-corrected chi connectivity index (χ4v) is 2.92. The summed E-state index contributed by atoms with van der Waals surface area (Å²) in [5.74, 6) is 1.71. The van der Waals surface area contributed by atoms with Crippen molar-refractivity contribution < 1.29 is 9.47 Å². The first-order valence-electron chi connectivity index (χ1n) is 10.3. The van der Waals surface area contributed by atoms with Crippen molar-refractivity contribution in [1.82, 2.24) is 5.32 Å². The Morgan fingerprint density at radius 2 is 1.48 bits per heavy atom. The van der Waals surface area contributed by atoms with Gasteiger partial charge in [0.2, 0.25) is 0 Å². The van der Waals surface area contributed by atoms with Gasteiger partial charge in [-0.3, -0.25) is 0 Å². The zero-order valence-corrected chi connectivity index (χ0v) is 16.7. The molecule has 3 heteroatoms. The molecule has 0 saturated carbocycles. The lowest BCUT2D eigenvalue weighted by Gasteiger charge is -2.13. The summed E-state index contributed by atoms with van der Waals surface area (Å²) in [5.41, 5.74) is 1.25. The van der Waals surface area contributed by atoms with E-state index in [9.17, 15) is 0 Å². The Labute approximate surface area is 155 Å². The minimum atomic E-state index is 0.775. The largest absolute Gasteiger partial charge is 0.493 e. The van der Waals surface area contributed by atoms with Gasteiger partial charge >= 0.3 is 0 Å². The van der Waals surface area contributed by atoms with Crippen molar-refractivity contribution in [3.8, 4) is 11.5 Å². The second-order valence-electron chi connectivity index (χ2n) is 6.84. The van der Waals surface area contributed by atoms with Gasteiger partial charge in [0.15, 0.2) is 11.5 Å². The van der Waals surface area contributed by atoms with Crippen LogP contribution in [0.5, 0.6) is 11.5 Å². The van der Waals surface area contributed by atoms with Gasteiger partial charge in [-0.2, -0.15) is 0 Å². The summed E-state index contributed by atoms with van der Waals surface area (Å²) in [7, 11) is 1.72. The molecular weight excluding hydrogens is 310 g/mol. The summed E-state index contributed by atoms with van der Waals surface area (Å²) in [6.07, 6.45) is 12.9. The summed E-state index contributed by atoms with van der Waals surface area (Å²) in [4.78, 5) is 0. The molecule has 1 N–H and O–H groups in total. The third-order valence-electron chi connectivity index (χ3n) is 4.52. The number of hydrogen-bond acceptors (Lipinski definition) is 3. The van der Waals surface area contributed by atoms with E-state index in [1.165, 1.54) is 63.4 Å². The lowest BCUT2D eigenvalue weighted by molar-refractivity contribution is 0.284. The van der Waals surface area contributed by atoms with Crippen molar-refractivity contribution in [1.29, 1.82) is 0 Å². The van der Waals surface area contributed by atoms with Gasteiger partial charge in [0.25, 0.3) is 0 Å². The molecule has 0 atom stereocenters. The molecule has 0 spiro atoms. The Hall–Kier alpha value is -1.22. The van der Waals surface area contributed by atoms with E-state index in [0.717, 1.165) is 37.6 Å². The monoisotopic (exact) mass is 349 g/mol. The number of benzene rings is 1. The molecule has 0 radical (unpaired) electrons. The number of ether oxygens (including phenoxy) is 2. The van der Waals surface area contributed by atoms with Gasteiger partial charge in [-0.1, -0.05) is 71.3 Å². The van der Waals surface area contributed by atoms with Crippen LogP contribution in [0.1, 0.15) is 83.6 Å². The molecule has 0 amide bonds. The fourth-order valence-electron chi connectivity index (χ4n) is 2.92. The van der Waals surface area contributed by atoms with Gasteiger partial charge in [-0.25, -0.2) is 0 Å². The molecule has 0 aliphatic rings. The van der Waals surface area contributed by atoms with Crippen LogP contribution in [0, 0.1) is 0 Å². The third-order valence-corrected chi connectivity index (χ3v) is 4.52. The Morgan fingerprint density at radius 1 is 0.800 bits per heavy atom. The molecule has 0 aromatic heterocycles. The maximum absolute atomic E-state index is 5.91. The van der Waals surface area contributed by atoms with E-state index in [0.29, 0.717) is 0 Å². The van der Waals surface area contributed by atoms with Gasteiger partial charge in [-0.05, 0) is 37.1 Å². The van der Waals surface area contributed by atoms with Gasteiger partial charge in [0, 0.05) is 6.54 Å². The standard InChI is InChI=1S/C22H39NO2/c1-4-6-8-10-11-13-17-25-21-15-14-20(18-22(21)24-3)19-23-16-12-9-7-5-2/h14-15,18,23H,4-13,16-17,19H2,1-3H3. The van der Waals surface area contributed by atoms with Crippen molar-refractivity contribution in [3.63, 3.8) is 0 Å². The molecule has 1 aromatic rings. The molecule has 0 bridgehead atoms. The lowest BCUT2D eigenvalue weighted by atomic mass is 10.1. The highest BCUT2D eigenvalue weighted by Crippen LogP contribution is 2.28. The Balaban J connectivity index is 2.27. The predicted molar refractivity (Wildman–Crippen MR) is 108 cm³/mol. The van der Waals surface area contributed by atoms with Crippen LogP contribution in [0.15, 0.2) is 18.2 Å². The highest BCUT2D eigenvalue weighted by molar-refractivity contribution is 5.42. The van der Waals surface area contributed by atoms with Crippen LogP contribution in [0.4, 0.5) is 0 Å². The van der Waals surface area contributed by atoms with E-state index in [-0.39, 0.29) is 0 Å². The summed E-state index contributed by atoms with van der Waals surface area (Å²) in [6.45, 7) is 7.24. The molecule has 0 saturated heterocycles. The first-order valence-corrected chi connectivity index (χ1v) is 10.3. The molecule has 144 valence electrons. The first-order chi connectivity index (χ1) is 12.3. The molecule has 0 aliphatic carbocycles. The molecule has 0 unspecified atom stereocenters. The Bertz CT molecular complexity index is 434. The molecular formula is C22H39NO2. The van der Waals surface area contributed by atoms with Crippen LogP contribution >= 0.6 is 0 Å². The highest BCUT2D eigenvalue weighted by atomic mass is 16.5. The van der Waals surface area contributed by atoms with Gasteiger partial charge in [0.1, 0.15) is 0 Å². The Morgan fingerprint density at radius 3 is 2.20 bits per heavy atom. The van der Waals surface area contributed by atoms with Crippen LogP contribution in [0.2, 0.25) is 0 Å². The summed E-state index contributed by atoms with van der Waals surface area (Å²) in [5, 5.41) is 3.51. The van der Waals surface area contributed by atoms with E-state index >= 15 is 0 Å². The van der Waals surface area contributed by atoms with E-state index in [4.69, 9.17) is 9.47 Å². The van der Waals surface area contributed by atoms with Crippen LogP contribution < -0.4 is 14.8 Å². The molecule has 0 heterocycles. The van der Waals surface area contributed by atoms with Crippen molar-refractivity contribution in [2.45, 2.75) is 84.6 Å². The summed E-state index contributed by atoms with van der Waals surface area (Å²) >= 11 is 0. The molecule has 0 fully saturated rings. The van der Waals surface area contributed by atoms with Crippen molar-refractivity contribution in [2.75, 3.05) is 20.3 Å². The van der Waals surface area contributed by atoms with Crippen molar-refractivity contribution in [3.05, 3.63) is 23.8 Å². The Kier molecular flexibility index (Phi) is 13.2. The molecule has 1 rings (SSSR count).